The molecule has 3 aromatic rings. The van der Waals surface area contributed by atoms with Crippen molar-refractivity contribution in [3.8, 4) is 0 Å². The molecule has 0 atom stereocenters. The minimum Gasteiger partial charge on any atom is -0.460 e. The molecular weight excluding hydrogens is 329 g/mol. The van der Waals surface area contributed by atoms with Crippen molar-refractivity contribution in [3.05, 3.63) is 88.6 Å². The number of aliphatic imine (C=N–C) groups is 1. The number of nitrogens with zero attached hydrogens (tertiary/aromatic N) is 2. The summed E-state index contributed by atoms with van der Waals surface area (Å²) in [6, 6.07) is 16.3. The smallest absolute Gasteiger partial charge is 0.155 e. The average Bonchev–Trinajstić information content (AvgIpc) is 2.99. The number of halogens is 1. The Morgan fingerprint density at radius 3 is 2.54 bits per heavy atom. The predicted molar refractivity (Wildman–Crippen MR) is 101 cm³/mol. The van der Waals surface area contributed by atoms with Crippen LogP contribution in [0.15, 0.2) is 69.1 Å². The van der Waals surface area contributed by atoms with Crippen LogP contribution in [0.2, 0.25) is 0 Å². The SMILES string of the molecule is CCc1ccc(C2=Nc3ccc(F)cc3C(c3ccc(C)o3)=NN2)cc1. The number of nitrogens with one attached hydrogen (secondary N) is 1. The minimum atomic E-state index is -0.342. The van der Waals surface area contributed by atoms with Gasteiger partial charge in [-0.05, 0) is 49.2 Å². The molecule has 0 bridgehead atoms. The molecule has 4 rings (SSSR count). The number of furan rings is 1. The molecule has 4 nitrogen and oxygen atoms in total. The third-order valence-electron chi connectivity index (χ3n) is 4.33. The van der Waals surface area contributed by atoms with Crippen LogP contribution >= 0.6 is 0 Å². The second-order valence-electron chi connectivity index (χ2n) is 6.15. The van der Waals surface area contributed by atoms with E-state index >= 15 is 0 Å². The molecule has 2 heterocycles. The molecule has 2 aromatic carbocycles. The van der Waals surface area contributed by atoms with Crippen molar-refractivity contribution in [2.45, 2.75) is 20.3 Å². The van der Waals surface area contributed by atoms with Gasteiger partial charge < -0.3 is 4.42 Å². The standard InChI is InChI=1S/C21H18FN3O/c1-3-14-5-7-15(8-6-14)21-23-18-10-9-16(22)12-17(18)20(24-25-21)19-11-4-13(2)26-19/h4-12H,3H2,1-2H3,(H,23,25). The molecule has 130 valence electrons. The highest BCUT2D eigenvalue weighted by Crippen LogP contribution is 2.27. The number of aryl methyl sites for hydroxylation is 2. The second-order valence-corrected chi connectivity index (χ2v) is 6.15. The fraction of sp³-hybridized carbons (Fsp3) is 0.143. The van der Waals surface area contributed by atoms with E-state index < -0.39 is 0 Å². The number of hydrogen-bond donors (Lipinski definition) is 1. The van der Waals surface area contributed by atoms with Crippen LogP contribution in [-0.2, 0) is 6.42 Å². The highest BCUT2D eigenvalue weighted by molar-refractivity contribution is 6.16. The van der Waals surface area contributed by atoms with Gasteiger partial charge in [-0.3, -0.25) is 5.43 Å². The van der Waals surface area contributed by atoms with Gasteiger partial charge in [0.25, 0.3) is 0 Å². The zero-order chi connectivity index (χ0) is 18.1. The van der Waals surface area contributed by atoms with E-state index in [4.69, 9.17) is 4.42 Å². The predicted octanol–water partition coefficient (Wildman–Crippen LogP) is 4.72. The van der Waals surface area contributed by atoms with Gasteiger partial charge in [0.2, 0.25) is 0 Å². The highest BCUT2D eigenvalue weighted by atomic mass is 19.1. The Labute approximate surface area is 151 Å². The van der Waals surface area contributed by atoms with E-state index in [-0.39, 0.29) is 5.82 Å². The lowest BCUT2D eigenvalue weighted by Gasteiger charge is -2.05. The largest absolute Gasteiger partial charge is 0.460 e. The van der Waals surface area contributed by atoms with Crippen LogP contribution in [0, 0.1) is 12.7 Å². The lowest BCUT2D eigenvalue weighted by atomic mass is 10.1. The van der Waals surface area contributed by atoms with Crippen LogP contribution < -0.4 is 5.43 Å². The Hall–Kier alpha value is -3.21. The molecule has 26 heavy (non-hydrogen) atoms. The molecule has 0 radical (unpaired) electrons. The van der Waals surface area contributed by atoms with E-state index in [9.17, 15) is 4.39 Å². The number of benzene rings is 2. The van der Waals surface area contributed by atoms with Gasteiger partial charge in [0.1, 0.15) is 17.3 Å². The maximum Gasteiger partial charge on any atom is 0.155 e. The highest BCUT2D eigenvalue weighted by Gasteiger charge is 2.20. The first kappa shape index (κ1) is 16.3. The molecule has 5 heteroatoms. The molecule has 1 aliphatic rings. The number of fused-ring (bicyclic) bond motifs is 1. The van der Waals surface area contributed by atoms with Gasteiger partial charge in [-0.1, -0.05) is 31.2 Å². The maximum atomic E-state index is 13.9. The average molecular weight is 347 g/mol. The molecule has 0 spiro atoms. The molecule has 0 unspecified atom stereocenters. The Morgan fingerprint density at radius 2 is 1.85 bits per heavy atom. The molecule has 0 saturated heterocycles. The van der Waals surface area contributed by atoms with Crippen molar-refractivity contribution in [1.29, 1.82) is 0 Å². The van der Waals surface area contributed by atoms with Crippen LogP contribution in [0.1, 0.15) is 35.1 Å². The lowest BCUT2D eigenvalue weighted by Crippen LogP contribution is -2.19. The summed E-state index contributed by atoms with van der Waals surface area (Å²) in [6.07, 6.45) is 0.975. The summed E-state index contributed by atoms with van der Waals surface area (Å²) >= 11 is 0. The quantitative estimate of drug-likeness (QED) is 0.745. The van der Waals surface area contributed by atoms with Gasteiger partial charge in [-0.15, -0.1) is 0 Å². The van der Waals surface area contributed by atoms with Crippen LogP contribution in [-0.4, -0.2) is 11.5 Å². The van der Waals surface area contributed by atoms with Crippen molar-refractivity contribution in [3.63, 3.8) is 0 Å². The molecular formula is C21H18FN3O. The maximum absolute atomic E-state index is 13.9. The van der Waals surface area contributed by atoms with Gasteiger partial charge in [-0.2, -0.15) is 5.10 Å². The van der Waals surface area contributed by atoms with E-state index in [1.165, 1.54) is 17.7 Å². The van der Waals surface area contributed by atoms with Crippen LogP contribution in [0.3, 0.4) is 0 Å². The van der Waals surface area contributed by atoms with E-state index in [0.29, 0.717) is 28.6 Å². The first-order chi connectivity index (χ1) is 12.6. The van der Waals surface area contributed by atoms with E-state index in [2.05, 4.69) is 34.6 Å². The number of amidine groups is 1. The number of rotatable bonds is 3. The number of hydrazone groups is 1. The third-order valence-corrected chi connectivity index (χ3v) is 4.33. The van der Waals surface area contributed by atoms with Crippen molar-refractivity contribution in [2.75, 3.05) is 0 Å². The topological polar surface area (TPSA) is 49.9 Å². The van der Waals surface area contributed by atoms with Gasteiger partial charge in [0.05, 0.1) is 5.69 Å². The fourth-order valence-corrected chi connectivity index (χ4v) is 2.89. The molecule has 0 saturated carbocycles. The Balaban J connectivity index is 1.83. The summed E-state index contributed by atoms with van der Waals surface area (Å²) in [4.78, 5) is 4.67. The van der Waals surface area contributed by atoms with Crippen LogP contribution in [0.5, 0.6) is 0 Å². The van der Waals surface area contributed by atoms with Crippen LogP contribution in [0.25, 0.3) is 0 Å². The lowest BCUT2D eigenvalue weighted by molar-refractivity contribution is 0.525. The molecule has 1 aliphatic heterocycles. The zero-order valence-corrected chi connectivity index (χ0v) is 14.6. The fourth-order valence-electron chi connectivity index (χ4n) is 2.89. The first-order valence-electron chi connectivity index (χ1n) is 8.52. The molecule has 1 N–H and O–H groups in total. The van der Waals surface area contributed by atoms with Crippen LogP contribution in [0.4, 0.5) is 10.1 Å². The summed E-state index contributed by atoms with van der Waals surface area (Å²) in [5.41, 5.74) is 6.93. The van der Waals surface area contributed by atoms with E-state index in [0.717, 1.165) is 17.7 Å². The van der Waals surface area contributed by atoms with Gasteiger partial charge in [0.15, 0.2) is 11.6 Å². The van der Waals surface area contributed by atoms with Crippen molar-refractivity contribution in [2.24, 2.45) is 10.1 Å². The normalized spacial score (nSPS) is 13.3. The first-order valence-corrected chi connectivity index (χ1v) is 8.52. The minimum absolute atomic E-state index is 0.342. The Bertz CT molecular complexity index is 1020. The van der Waals surface area contributed by atoms with Crippen molar-refractivity contribution in [1.82, 2.24) is 5.43 Å². The summed E-state index contributed by atoms with van der Waals surface area (Å²) in [6.45, 7) is 3.97. The van der Waals surface area contributed by atoms with Gasteiger partial charge in [0, 0.05) is 11.1 Å². The molecule has 0 aliphatic carbocycles. The third kappa shape index (κ3) is 3.04. The van der Waals surface area contributed by atoms with Crippen molar-refractivity contribution >= 4 is 17.2 Å². The van der Waals surface area contributed by atoms with E-state index in [1.54, 1.807) is 6.07 Å². The zero-order valence-electron chi connectivity index (χ0n) is 14.6. The molecule has 0 fully saturated rings. The summed E-state index contributed by atoms with van der Waals surface area (Å²) in [7, 11) is 0. The molecule has 0 amide bonds. The van der Waals surface area contributed by atoms with Crippen molar-refractivity contribution < 1.29 is 8.81 Å². The monoisotopic (exact) mass is 347 g/mol. The number of hydrogen-bond acceptors (Lipinski definition) is 4. The Morgan fingerprint density at radius 1 is 1.04 bits per heavy atom. The van der Waals surface area contributed by atoms with E-state index in [1.807, 2.05) is 31.2 Å². The van der Waals surface area contributed by atoms with Gasteiger partial charge >= 0.3 is 0 Å². The summed E-state index contributed by atoms with van der Waals surface area (Å²) in [5.74, 6) is 1.60. The summed E-state index contributed by atoms with van der Waals surface area (Å²) < 4.78 is 19.6. The van der Waals surface area contributed by atoms with Gasteiger partial charge in [-0.25, -0.2) is 9.38 Å². The Kier molecular flexibility index (Phi) is 4.13. The molecule has 1 aromatic heterocycles. The summed E-state index contributed by atoms with van der Waals surface area (Å²) in [5, 5.41) is 4.47. The second kappa shape index (κ2) is 6.59.